The molecule has 130 valence electrons. The fraction of sp³-hybridized carbons (Fsp3) is 0.133. The van der Waals surface area contributed by atoms with Crippen LogP contribution in [0.4, 0.5) is 26.3 Å². The minimum Gasteiger partial charge on any atom is -0.193 e. The van der Waals surface area contributed by atoms with Gasteiger partial charge in [0, 0.05) is 5.56 Å². The maximum Gasteiger partial charge on any atom is 0.416 e. The van der Waals surface area contributed by atoms with Crippen LogP contribution in [0, 0.1) is 0 Å². The molecule has 0 aliphatic rings. The molecule has 0 atom stereocenters. The summed E-state index contributed by atoms with van der Waals surface area (Å²) in [5, 5.41) is 10.6. The molecule has 25 heavy (non-hydrogen) atoms. The lowest BCUT2D eigenvalue weighted by atomic mass is 10.1. The van der Waals surface area contributed by atoms with E-state index in [1.807, 2.05) is 0 Å². The first-order chi connectivity index (χ1) is 11.7. The van der Waals surface area contributed by atoms with Crippen LogP contribution in [0.1, 0.15) is 11.1 Å². The first-order valence-corrected chi connectivity index (χ1v) is 6.80. The van der Waals surface area contributed by atoms with E-state index >= 15 is 0 Å². The third-order valence-electron chi connectivity index (χ3n) is 3.34. The van der Waals surface area contributed by atoms with Gasteiger partial charge in [-0.2, -0.15) is 31.0 Å². The SMILES string of the molecule is FC(F)(F)c1cccc(-c2nnnn2-c2cccc(C(F)(F)F)c2)c1. The molecule has 0 radical (unpaired) electrons. The van der Waals surface area contributed by atoms with Crippen LogP contribution in [0.5, 0.6) is 0 Å². The summed E-state index contributed by atoms with van der Waals surface area (Å²) in [5.41, 5.74) is -1.83. The summed E-state index contributed by atoms with van der Waals surface area (Å²) in [6.07, 6.45) is -9.13. The lowest BCUT2D eigenvalue weighted by Crippen LogP contribution is -2.08. The molecule has 0 unspecified atom stereocenters. The number of nitrogens with zero attached hydrogens (tertiary/aromatic N) is 4. The minimum absolute atomic E-state index is 0.0211. The Bertz CT molecular complexity index is 825. The normalized spacial score (nSPS) is 12.4. The van der Waals surface area contributed by atoms with E-state index in [9.17, 15) is 26.3 Å². The zero-order valence-electron chi connectivity index (χ0n) is 12.2. The van der Waals surface area contributed by atoms with E-state index in [0.717, 1.165) is 35.0 Å². The van der Waals surface area contributed by atoms with Gasteiger partial charge in [-0.05, 0) is 40.8 Å². The Kier molecular flexibility index (Phi) is 3.97. The Labute approximate surface area is 136 Å². The van der Waals surface area contributed by atoms with Gasteiger partial charge < -0.3 is 0 Å². The summed E-state index contributed by atoms with van der Waals surface area (Å²) >= 11 is 0. The topological polar surface area (TPSA) is 43.6 Å². The van der Waals surface area contributed by atoms with Gasteiger partial charge in [-0.25, -0.2) is 0 Å². The van der Waals surface area contributed by atoms with Gasteiger partial charge in [0.15, 0.2) is 5.82 Å². The van der Waals surface area contributed by atoms with Crippen molar-refractivity contribution in [2.75, 3.05) is 0 Å². The number of aromatic nitrogens is 4. The molecule has 10 heteroatoms. The quantitative estimate of drug-likeness (QED) is 0.639. The second-order valence-corrected chi connectivity index (χ2v) is 5.04. The van der Waals surface area contributed by atoms with Gasteiger partial charge in [0.2, 0.25) is 0 Å². The number of halogens is 6. The third-order valence-corrected chi connectivity index (χ3v) is 3.34. The third kappa shape index (κ3) is 3.47. The lowest BCUT2D eigenvalue weighted by molar-refractivity contribution is -0.138. The molecule has 4 nitrogen and oxygen atoms in total. The lowest BCUT2D eigenvalue weighted by Gasteiger charge is -2.11. The van der Waals surface area contributed by atoms with Crippen molar-refractivity contribution in [2.45, 2.75) is 12.4 Å². The Balaban J connectivity index is 2.08. The molecule has 2 aromatic carbocycles. The van der Waals surface area contributed by atoms with Gasteiger partial charge in [0.25, 0.3) is 0 Å². The van der Waals surface area contributed by atoms with E-state index in [1.165, 1.54) is 18.2 Å². The zero-order valence-corrected chi connectivity index (χ0v) is 12.2. The smallest absolute Gasteiger partial charge is 0.193 e. The predicted octanol–water partition coefficient (Wildman–Crippen LogP) is 4.37. The van der Waals surface area contributed by atoms with Crippen LogP contribution in [0.3, 0.4) is 0 Å². The Morgan fingerprint density at radius 2 is 1.36 bits per heavy atom. The van der Waals surface area contributed by atoms with E-state index in [-0.39, 0.29) is 17.1 Å². The second-order valence-electron chi connectivity index (χ2n) is 5.04. The minimum atomic E-state index is -4.57. The molecular weight excluding hydrogens is 350 g/mol. The van der Waals surface area contributed by atoms with Crippen LogP contribution < -0.4 is 0 Å². The number of benzene rings is 2. The monoisotopic (exact) mass is 358 g/mol. The van der Waals surface area contributed by atoms with Crippen LogP contribution in [-0.4, -0.2) is 20.2 Å². The van der Waals surface area contributed by atoms with Gasteiger partial charge in [-0.15, -0.1) is 5.10 Å². The standard InChI is InChI=1S/C15H8F6N4/c16-14(17,18)10-4-1-3-9(7-10)13-22-23-24-25(13)12-6-2-5-11(8-12)15(19,20)21/h1-8H. The molecule has 0 bridgehead atoms. The van der Waals surface area contributed by atoms with Crippen molar-refractivity contribution in [3.05, 3.63) is 59.7 Å². The largest absolute Gasteiger partial charge is 0.416 e. The van der Waals surface area contributed by atoms with Crippen molar-refractivity contribution in [2.24, 2.45) is 0 Å². The molecule has 3 rings (SSSR count). The Morgan fingerprint density at radius 1 is 0.760 bits per heavy atom. The maximum atomic E-state index is 12.8. The summed E-state index contributed by atoms with van der Waals surface area (Å²) in [5.74, 6) is -0.106. The number of hydrogen-bond acceptors (Lipinski definition) is 3. The van der Waals surface area contributed by atoms with E-state index in [4.69, 9.17) is 0 Å². The van der Waals surface area contributed by atoms with Crippen LogP contribution in [0.25, 0.3) is 17.1 Å². The molecule has 3 aromatic rings. The molecule has 0 amide bonds. The molecule has 1 heterocycles. The molecule has 0 aliphatic heterocycles. The van der Waals surface area contributed by atoms with Gasteiger partial charge in [-0.3, -0.25) is 0 Å². The van der Waals surface area contributed by atoms with Gasteiger partial charge in [0.1, 0.15) is 0 Å². The highest BCUT2D eigenvalue weighted by molar-refractivity contribution is 5.58. The van der Waals surface area contributed by atoms with Crippen molar-refractivity contribution in [3.63, 3.8) is 0 Å². The van der Waals surface area contributed by atoms with Crippen molar-refractivity contribution >= 4 is 0 Å². The number of alkyl halides is 6. The van der Waals surface area contributed by atoms with Crippen molar-refractivity contribution in [1.82, 2.24) is 20.2 Å². The van der Waals surface area contributed by atoms with Crippen LogP contribution in [-0.2, 0) is 12.4 Å². The van der Waals surface area contributed by atoms with Gasteiger partial charge in [-0.1, -0.05) is 18.2 Å². The fourth-order valence-electron chi connectivity index (χ4n) is 2.19. The van der Waals surface area contributed by atoms with E-state index in [2.05, 4.69) is 15.5 Å². The highest BCUT2D eigenvalue weighted by Gasteiger charge is 2.32. The first-order valence-electron chi connectivity index (χ1n) is 6.80. The molecule has 0 fully saturated rings. The number of hydrogen-bond donors (Lipinski definition) is 0. The summed E-state index contributed by atoms with van der Waals surface area (Å²) in [4.78, 5) is 0. The Hall–Kier alpha value is -2.91. The summed E-state index contributed by atoms with van der Waals surface area (Å²) < 4.78 is 77.9. The van der Waals surface area contributed by atoms with Crippen LogP contribution in [0.2, 0.25) is 0 Å². The summed E-state index contributed by atoms with van der Waals surface area (Å²) in [6.45, 7) is 0. The fourth-order valence-corrected chi connectivity index (χ4v) is 2.19. The maximum absolute atomic E-state index is 12.8. The van der Waals surface area contributed by atoms with Crippen molar-refractivity contribution in [3.8, 4) is 17.1 Å². The van der Waals surface area contributed by atoms with Crippen LogP contribution in [0.15, 0.2) is 48.5 Å². The van der Waals surface area contributed by atoms with Crippen molar-refractivity contribution < 1.29 is 26.3 Å². The molecule has 0 spiro atoms. The number of tetrazole rings is 1. The molecule has 0 aliphatic carbocycles. The summed E-state index contributed by atoms with van der Waals surface area (Å²) in [7, 11) is 0. The van der Waals surface area contributed by atoms with E-state index in [0.29, 0.717) is 0 Å². The number of rotatable bonds is 2. The highest BCUT2D eigenvalue weighted by Crippen LogP contribution is 2.33. The summed E-state index contributed by atoms with van der Waals surface area (Å²) in [6, 6.07) is 8.38. The molecular formula is C15H8F6N4. The van der Waals surface area contributed by atoms with Gasteiger partial charge >= 0.3 is 12.4 Å². The molecule has 0 saturated heterocycles. The molecule has 0 saturated carbocycles. The second kappa shape index (κ2) is 5.87. The zero-order chi connectivity index (χ0) is 18.2. The van der Waals surface area contributed by atoms with Gasteiger partial charge in [0.05, 0.1) is 16.8 Å². The van der Waals surface area contributed by atoms with E-state index in [1.54, 1.807) is 0 Å². The average Bonchev–Trinajstić information content (AvgIpc) is 3.03. The average molecular weight is 358 g/mol. The first kappa shape index (κ1) is 16.9. The van der Waals surface area contributed by atoms with E-state index < -0.39 is 23.5 Å². The molecule has 0 N–H and O–H groups in total. The highest BCUT2D eigenvalue weighted by atomic mass is 19.4. The van der Waals surface area contributed by atoms with Crippen molar-refractivity contribution in [1.29, 1.82) is 0 Å². The van der Waals surface area contributed by atoms with Crippen LogP contribution >= 0.6 is 0 Å². The Morgan fingerprint density at radius 3 is 2.00 bits per heavy atom. The predicted molar refractivity (Wildman–Crippen MR) is 74.6 cm³/mol. The molecule has 1 aromatic heterocycles.